The van der Waals surface area contributed by atoms with Crippen LogP contribution in [0.15, 0.2) is 16.9 Å². The molecule has 0 saturated heterocycles. The van der Waals surface area contributed by atoms with Gasteiger partial charge >= 0.3 is 0 Å². The van der Waals surface area contributed by atoms with Gasteiger partial charge in [0.2, 0.25) is 0 Å². The Hall–Kier alpha value is -1.71. The summed E-state index contributed by atoms with van der Waals surface area (Å²) >= 11 is 0. The molecule has 2 aromatic rings. The van der Waals surface area contributed by atoms with Crippen LogP contribution in [-0.2, 0) is 6.42 Å². The highest BCUT2D eigenvalue weighted by Crippen LogP contribution is 2.18. The summed E-state index contributed by atoms with van der Waals surface area (Å²) in [4.78, 5) is 15.4. The molecule has 0 amide bonds. The predicted molar refractivity (Wildman–Crippen MR) is 93.0 cm³/mol. The van der Waals surface area contributed by atoms with Crippen LogP contribution in [0.25, 0.3) is 10.9 Å². The van der Waals surface area contributed by atoms with Crippen LogP contribution in [0.3, 0.4) is 0 Å². The van der Waals surface area contributed by atoms with Crippen LogP contribution in [0, 0.1) is 18.6 Å². The van der Waals surface area contributed by atoms with Gasteiger partial charge in [0.15, 0.2) is 5.43 Å². The number of aryl methyl sites for hydroxylation is 1. The first kappa shape index (κ1) is 19.3. The number of nitrogens with one attached hydrogen (secondary N) is 1. The van der Waals surface area contributed by atoms with Crippen LogP contribution in [0.2, 0.25) is 0 Å². The Balaban J connectivity index is 0.00000127. The van der Waals surface area contributed by atoms with E-state index in [1.54, 1.807) is 6.92 Å². The summed E-state index contributed by atoms with van der Waals surface area (Å²) in [6.07, 6.45) is 6.14. The molecule has 0 aliphatic heterocycles. The van der Waals surface area contributed by atoms with E-state index >= 15 is 0 Å². The molecule has 128 valence electrons. The number of rotatable bonds is 6. The summed E-state index contributed by atoms with van der Waals surface area (Å²) in [6.45, 7) is 7.94. The summed E-state index contributed by atoms with van der Waals surface area (Å²) in [5.41, 5.74) is 1.23. The number of unbranched alkanes of at least 4 members (excludes halogenated alkanes) is 4. The van der Waals surface area contributed by atoms with Crippen molar-refractivity contribution in [1.82, 2.24) is 4.98 Å². The molecule has 0 aliphatic carbocycles. The predicted octanol–water partition coefficient (Wildman–Crippen LogP) is 5.65. The van der Waals surface area contributed by atoms with Gasteiger partial charge in [0.1, 0.15) is 11.6 Å². The zero-order valence-corrected chi connectivity index (χ0v) is 14.6. The minimum atomic E-state index is -0.793. The molecule has 0 saturated carbocycles. The Kier molecular flexibility index (Phi) is 7.93. The van der Waals surface area contributed by atoms with E-state index in [0.717, 1.165) is 31.4 Å². The van der Waals surface area contributed by atoms with Crippen LogP contribution in [-0.4, -0.2) is 4.98 Å². The fraction of sp³-hybridized carbons (Fsp3) is 0.526. The van der Waals surface area contributed by atoms with Gasteiger partial charge in [-0.15, -0.1) is 0 Å². The lowest BCUT2D eigenvalue weighted by Crippen LogP contribution is -2.15. The second-order valence-corrected chi connectivity index (χ2v) is 5.53. The van der Waals surface area contributed by atoms with Gasteiger partial charge in [0.25, 0.3) is 0 Å². The Morgan fingerprint density at radius 1 is 1.04 bits per heavy atom. The SMILES string of the molecule is CC.CCCCCCCc1c(C)[nH]c2cc(F)cc(F)c2c1=O. The fourth-order valence-corrected chi connectivity index (χ4v) is 2.71. The summed E-state index contributed by atoms with van der Waals surface area (Å²) in [5.74, 6) is -1.47. The molecule has 2 rings (SSSR count). The topological polar surface area (TPSA) is 32.9 Å². The van der Waals surface area contributed by atoms with Crippen molar-refractivity contribution in [2.24, 2.45) is 0 Å². The van der Waals surface area contributed by atoms with Gasteiger partial charge in [-0.25, -0.2) is 8.78 Å². The van der Waals surface area contributed by atoms with Gasteiger partial charge in [0, 0.05) is 17.3 Å². The molecule has 1 aromatic carbocycles. The number of aromatic nitrogens is 1. The van der Waals surface area contributed by atoms with Crippen molar-refractivity contribution in [2.75, 3.05) is 0 Å². The van der Waals surface area contributed by atoms with Crippen molar-refractivity contribution in [1.29, 1.82) is 0 Å². The Bertz CT molecular complexity index is 692. The van der Waals surface area contributed by atoms with Crippen LogP contribution in [0.4, 0.5) is 8.78 Å². The van der Waals surface area contributed by atoms with E-state index in [9.17, 15) is 13.6 Å². The number of H-pyrrole nitrogens is 1. The maximum absolute atomic E-state index is 13.8. The summed E-state index contributed by atoms with van der Waals surface area (Å²) in [5, 5.41) is -0.0365. The maximum Gasteiger partial charge on any atom is 0.195 e. The Morgan fingerprint density at radius 2 is 1.70 bits per heavy atom. The van der Waals surface area contributed by atoms with Gasteiger partial charge in [-0.2, -0.15) is 0 Å². The largest absolute Gasteiger partial charge is 0.358 e. The van der Waals surface area contributed by atoms with Crippen molar-refractivity contribution in [3.63, 3.8) is 0 Å². The average molecular weight is 323 g/mol. The molecule has 1 N–H and O–H groups in total. The zero-order valence-electron chi connectivity index (χ0n) is 14.6. The number of halogens is 2. The maximum atomic E-state index is 13.8. The van der Waals surface area contributed by atoms with Gasteiger partial charge in [-0.05, 0) is 25.8 Å². The third-order valence-corrected chi connectivity index (χ3v) is 3.86. The van der Waals surface area contributed by atoms with E-state index in [0.29, 0.717) is 17.7 Å². The van der Waals surface area contributed by atoms with E-state index in [2.05, 4.69) is 11.9 Å². The Labute approximate surface area is 136 Å². The molecular formula is C19H27F2NO. The molecule has 2 nitrogen and oxygen atoms in total. The molecular weight excluding hydrogens is 296 g/mol. The van der Waals surface area contributed by atoms with E-state index < -0.39 is 11.6 Å². The van der Waals surface area contributed by atoms with Crippen molar-refractivity contribution in [2.45, 2.75) is 66.2 Å². The van der Waals surface area contributed by atoms with Crippen molar-refractivity contribution in [3.8, 4) is 0 Å². The second kappa shape index (κ2) is 9.43. The zero-order chi connectivity index (χ0) is 17.4. The fourth-order valence-electron chi connectivity index (χ4n) is 2.71. The van der Waals surface area contributed by atoms with Gasteiger partial charge in [-0.3, -0.25) is 4.79 Å². The highest BCUT2D eigenvalue weighted by atomic mass is 19.1. The van der Waals surface area contributed by atoms with Crippen LogP contribution >= 0.6 is 0 Å². The first-order valence-corrected chi connectivity index (χ1v) is 8.55. The molecule has 4 heteroatoms. The Morgan fingerprint density at radius 3 is 2.35 bits per heavy atom. The smallest absolute Gasteiger partial charge is 0.195 e. The lowest BCUT2D eigenvalue weighted by Gasteiger charge is -2.09. The summed E-state index contributed by atoms with van der Waals surface area (Å²) in [6, 6.07) is 1.93. The monoisotopic (exact) mass is 323 g/mol. The number of hydrogen-bond acceptors (Lipinski definition) is 1. The molecule has 0 bridgehead atoms. The molecule has 0 spiro atoms. The van der Waals surface area contributed by atoms with E-state index in [-0.39, 0.29) is 16.3 Å². The van der Waals surface area contributed by atoms with Gasteiger partial charge in [0.05, 0.1) is 10.9 Å². The van der Waals surface area contributed by atoms with Gasteiger partial charge < -0.3 is 4.98 Å². The number of fused-ring (bicyclic) bond motifs is 1. The quantitative estimate of drug-likeness (QED) is 0.684. The van der Waals surface area contributed by atoms with Crippen molar-refractivity contribution >= 4 is 10.9 Å². The number of pyridine rings is 1. The summed E-state index contributed by atoms with van der Waals surface area (Å²) < 4.78 is 27.1. The minimum absolute atomic E-state index is 0.0365. The van der Waals surface area contributed by atoms with Crippen LogP contribution in [0.5, 0.6) is 0 Å². The highest BCUT2D eigenvalue weighted by Gasteiger charge is 2.13. The third kappa shape index (κ3) is 4.88. The molecule has 1 heterocycles. The van der Waals surface area contributed by atoms with Crippen LogP contribution < -0.4 is 5.43 Å². The average Bonchev–Trinajstić information content (AvgIpc) is 2.50. The molecule has 0 fully saturated rings. The minimum Gasteiger partial charge on any atom is -0.358 e. The molecule has 0 radical (unpaired) electrons. The number of hydrogen-bond donors (Lipinski definition) is 1. The lowest BCUT2D eigenvalue weighted by molar-refractivity contribution is 0.590. The molecule has 0 aliphatic rings. The van der Waals surface area contributed by atoms with Crippen LogP contribution in [0.1, 0.15) is 64.1 Å². The number of aromatic amines is 1. The lowest BCUT2D eigenvalue weighted by atomic mass is 10.0. The van der Waals surface area contributed by atoms with E-state index in [1.165, 1.54) is 12.8 Å². The molecule has 0 atom stereocenters. The van der Waals surface area contributed by atoms with Crippen molar-refractivity contribution < 1.29 is 8.78 Å². The normalized spacial score (nSPS) is 10.5. The van der Waals surface area contributed by atoms with Gasteiger partial charge in [-0.1, -0.05) is 46.5 Å². The molecule has 1 aromatic heterocycles. The first-order chi connectivity index (χ1) is 11.0. The van der Waals surface area contributed by atoms with E-state index in [4.69, 9.17) is 0 Å². The first-order valence-electron chi connectivity index (χ1n) is 8.55. The third-order valence-electron chi connectivity index (χ3n) is 3.86. The highest BCUT2D eigenvalue weighted by molar-refractivity contribution is 5.80. The standard InChI is InChI=1S/C17H21F2NO.C2H6/c1-3-4-5-6-7-8-13-11(2)20-15-10-12(18)9-14(19)16(15)17(13)21;1-2/h9-10H,3-8H2,1-2H3,(H,20,21);1-2H3. The second-order valence-electron chi connectivity index (χ2n) is 5.53. The van der Waals surface area contributed by atoms with E-state index in [1.807, 2.05) is 13.8 Å². The molecule has 0 unspecified atom stereocenters. The molecule has 23 heavy (non-hydrogen) atoms. The number of benzene rings is 1. The summed E-state index contributed by atoms with van der Waals surface area (Å²) in [7, 11) is 0. The van der Waals surface area contributed by atoms with Crippen molar-refractivity contribution in [3.05, 3.63) is 45.2 Å².